The van der Waals surface area contributed by atoms with E-state index in [1.807, 2.05) is 13.1 Å². The molecule has 2 fully saturated rings. The first-order valence-electron chi connectivity index (χ1n) is 7.15. The summed E-state index contributed by atoms with van der Waals surface area (Å²) in [7, 11) is 1.86. The molecule has 1 aliphatic carbocycles. The molecule has 19 heavy (non-hydrogen) atoms. The van der Waals surface area contributed by atoms with Gasteiger partial charge in [-0.15, -0.1) is 30.6 Å². The minimum atomic E-state index is 0. The Morgan fingerprint density at radius 3 is 2.21 bits per heavy atom. The Bertz CT molecular complexity index is 294. The summed E-state index contributed by atoms with van der Waals surface area (Å²) >= 11 is 0. The second kappa shape index (κ2) is 8.79. The van der Waals surface area contributed by atoms with E-state index in [1.54, 1.807) is 0 Å². The van der Waals surface area contributed by atoms with Gasteiger partial charge < -0.3 is 10.6 Å². The Kier molecular flexibility index (Phi) is 7.75. The number of likely N-dealkylation sites (tertiary alicyclic amines) is 1. The molecule has 0 aromatic carbocycles. The van der Waals surface area contributed by atoms with E-state index in [0.717, 1.165) is 25.6 Å². The van der Waals surface area contributed by atoms with Gasteiger partial charge in [0, 0.05) is 38.8 Å². The molecule has 1 aliphatic heterocycles. The molecular weight excluding hydrogens is 351 g/mol. The van der Waals surface area contributed by atoms with Crippen molar-refractivity contribution >= 4 is 29.9 Å². The van der Waals surface area contributed by atoms with Crippen molar-refractivity contribution in [2.45, 2.75) is 44.2 Å². The molecule has 2 aliphatic rings. The van der Waals surface area contributed by atoms with E-state index < -0.39 is 0 Å². The van der Waals surface area contributed by atoms with E-state index in [4.69, 9.17) is 0 Å². The largest absolute Gasteiger partial charge is 0.354 e. The average molecular weight is 378 g/mol. The number of hydrogen-bond donors (Lipinski definition) is 2. The number of piperidine rings is 1. The minimum absolute atomic E-state index is 0. The van der Waals surface area contributed by atoms with Crippen LogP contribution in [0.2, 0.25) is 0 Å². The predicted molar refractivity (Wildman–Crippen MR) is 92.3 cm³/mol. The third-order valence-electron chi connectivity index (χ3n) is 3.99. The minimum Gasteiger partial charge on any atom is -0.354 e. The van der Waals surface area contributed by atoms with Crippen molar-refractivity contribution in [2.24, 2.45) is 4.99 Å². The zero-order valence-electron chi connectivity index (χ0n) is 11.9. The number of halogens is 1. The van der Waals surface area contributed by atoms with E-state index in [-0.39, 0.29) is 24.0 Å². The topological polar surface area (TPSA) is 39.7 Å². The summed E-state index contributed by atoms with van der Waals surface area (Å²) in [5, 5.41) is 7.05. The van der Waals surface area contributed by atoms with Crippen LogP contribution in [0.5, 0.6) is 0 Å². The molecule has 0 aromatic heterocycles. The second-order valence-corrected chi connectivity index (χ2v) is 5.35. The number of nitrogens with one attached hydrogen (secondary N) is 2. The lowest BCUT2D eigenvalue weighted by Crippen LogP contribution is -2.52. The van der Waals surface area contributed by atoms with Crippen LogP contribution in [-0.4, -0.2) is 49.6 Å². The van der Waals surface area contributed by atoms with Gasteiger partial charge in [-0.3, -0.25) is 9.89 Å². The van der Waals surface area contributed by atoms with Crippen LogP contribution < -0.4 is 10.6 Å². The van der Waals surface area contributed by atoms with Crippen LogP contribution >= 0.6 is 24.0 Å². The number of aliphatic imine (C=N–C) groups is 1. The molecule has 0 spiro atoms. The van der Waals surface area contributed by atoms with Crippen LogP contribution in [0.25, 0.3) is 0 Å². The summed E-state index contributed by atoms with van der Waals surface area (Å²) < 4.78 is 0. The smallest absolute Gasteiger partial charge is 0.191 e. The molecule has 1 saturated carbocycles. The van der Waals surface area contributed by atoms with E-state index in [2.05, 4.69) is 27.1 Å². The monoisotopic (exact) mass is 378 g/mol. The highest BCUT2D eigenvalue weighted by atomic mass is 127. The van der Waals surface area contributed by atoms with Gasteiger partial charge in [0.1, 0.15) is 0 Å². The van der Waals surface area contributed by atoms with Gasteiger partial charge in [0.05, 0.1) is 0 Å². The van der Waals surface area contributed by atoms with Gasteiger partial charge in [0.2, 0.25) is 0 Å². The number of guanidine groups is 1. The maximum Gasteiger partial charge on any atom is 0.191 e. The molecule has 0 atom stereocenters. The summed E-state index contributed by atoms with van der Waals surface area (Å²) in [4.78, 5) is 6.78. The first kappa shape index (κ1) is 16.8. The normalized spacial score (nSPS) is 22.3. The van der Waals surface area contributed by atoms with Crippen molar-refractivity contribution in [3.8, 4) is 0 Å². The summed E-state index contributed by atoms with van der Waals surface area (Å²) in [6.45, 7) is 7.13. The van der Waals surface area contributed by atoms with Crippen LogP contribution in [0.15, 0.2) is 17.6 Å². The van der Waals surface area contributed by atoms with E-state index in [1.165, 1.54) is 32.1 Å². The molecule has 0 radical (unpaired) electrons. The summed E-state index contributed by atoms with van der Waals surface area (Å²) in [6, 6.07) is 1.22. The fraction of sp³-hybridized carbons (Fsp3) is 0.786. The first-order chi connectivity index (χ1) is 8.81. The average Bonchev–Trinajstić information content (AvgIpc) is 2.34. The van der Waals surface area contributed by atoms with Crippen molar-refractivity contribution < 1.29 is 0 Å². The first-order valence-corrected chi connectivity index (χ1v) is 7.15. The zero-order chi connectivity index (χ0) is 12.8. The third kappa shape index (κ3) is 5.30. The number of nitrogens with zero attached hydrogens (tertiary/aromatic N) is 2. The SMILES string of the molecule is C=CCN1CCC(NC(=NC)NC2CCC2)CC1.I. The Labute approximate surface area is 134 Å². The fourth-order valence-electron chi connectivity index (χ4n) is 2.55. The molecule has 110 valence electrons. The molecule has 2 N–H and O–H groups in total. The maximum atomic E-state index is 4.32. The van der Waals surface area contributed by atoms with Crippen molar-refractivity contribution in [3.05, 3.63) is 12.7 Å². The standard InChI is InChI=1S/C14H26N4.HI/c1-3-9-18-10-7-13(8-11-18)17-14(15-2)16-12-5-4-6-12;/h3,12-13H,1,4-11H2,2H3,(H2,15,16,17);1H. The van der Waals surface area contributed by atoms with Gasteiger partial charge >= 0.3 is 0 Å². The Hall–Kier alpha value is -0.300. The van der Waals surface area contributed by atoms with Crippen LogP contribution in [-0.2, 0) is 0 Å². The molecule has 0 amide bonds. The molecule has 1 saturated heterocycles. The summed E-state index contributed by atoms with van der Waals surface area (Å²) in [5.74, 6) is 0.988. The van der Waals surface area contributed by atoms with Gasteiger partial charge in [0.25, 0.3) is 0 Å². The van der Waals surface area contributed by atoms with Crippen molar-refractivity contribution in [3.63, 3.8) is 0 Å². The molecule has 5 heteroatoms. The lowest BCUT2D eigenvalue weighted by molar-refractivity contribution is 0.224. The van der Waals surface area contributed by atoms with E-state index in [0.29, 0.717) is 12.1 Å². The van der Waals surface area contributed by atoms with Crippen LogP contribution in [0.4, 0.5) is 0 Å². The lowest BCUT2D eigenvalue weighted by atomic mass is 9.93. The van der Waals surface area contributed by atoms with E-state index in [9.17, 15) is 0 Å². The Balaban J connectivity index is 0.00000180. The quantitative estimate of drug-likeness (QED) is 0.340. The molecule has 2 rings (SSSR count). The third-order valence-corrected chi connectivity index (χ3v) is 3.99. The van der Waals surface area contributed by atoms with Gasteiger partial charge in [-0.1, -0.05) is 6.08 Å². The van der Waals surface area contributed by atoms with Crippen molar-refractivity contribution in [1.82, 2.24) is 15.5 Å². The maximum absolute atomic E-state index is 4.32. The highest BCUT2D eigenvalue weighted by molar-refractivity contribution is 14.0. The van der Waals surface area contributed by atoms with Crippen LogP contribution in [0.1, 0.15) is 32.1 Å². The molecule has 0 unspecified atom stereocenters. The summed E-state index contributed by atoms with van der Waals surface area (Å²) in [6.07, 6.45) is 8.31. The van der Waals surface area contributed by atoms with Crippen LogP contribution in [0, 0.1) is 0 Å². The second-order valence-electron chi connectivity index (χ2n) is 5.35. The number of hydrogen-bond acceptors (Lipinski definition) is 2. The summed E-state index contributed by atoms with van der Waals surface area (Å²) in [5.41, 5.74) is 0. The van der Waals surface area contributed by atoms with Crippen LogP contribution in [0.3, 0.4) is 0 Å². The van der Waals surface area contributed by atoms with Gasteiger partial charge in [-0.05, 0) is 32.1 Å². The van der Waals surface area contributed by atoms with Crippen molar-refractivity contribution in [2.75, 3.05) is 26.7 Å². The van der Waals surface area contributed by atoms with Gasteiger partial charge in [0.15, 0.2) is 5.96 Å². The zero-order valence-corrected chi connectivity index (χ0v) is 14.2. The molecule has 1 heterocycles. The number of rotatable bonds is 4. The Morgan fingerprint density at radius 1 is 1.21 bits per heavy atom. The molecular formula is C14H27IN4. The predicted octanol–water partition coefficient (Wildman–Crippen LogP) is 1.97. The highest BCUT2D eigenvalue weighted by Gasteiger charge is 2.22. The van der Waals surface area contributed by atoms with Gasteiger partial charge in [-0.2, -0.15) is 0 Å². The lowest BCUT2D eigenvalue weighted by Gasteiger charge is -2.34. The Morgan fingerprint density at radius 2 is 1.79 bits per heavy atom. The van der Waals surface area contributed by atoms with Crippen molar-refractivity contribution in [1.29, 1.82) is 0 Å². The fourth-order valence-corrected chi connectivity index (χ4v) is 2.55. The molecule has 4 nitrogen and oxygen atoms in total. The highest BCUT2D eigenvalue weighted by Crippen LogP contribution is 2.18. The van der Waals surface area contributed by atoms with Gasteiger partial charge in [-0.25, -0.2) is 0 Å². The molecule has 0 aromatic rings. The van der Waals surface area contributed by atoms with E-state index >= 15 is 0 Å². The molecule has 0 bridgehead atoms.